The van der Waals surface area contributed by atoms with E-state index in [4.69, 9.17) is 4.98 Å². The fraction of sp³-hybridized carbons (Fsp3) is 0.647. The number of aryl methyl sites for hydroxylation is 2. The minimum atomic E-state index is 0.216. The van der Waals surface area contributed by atoms with Gasteiger partial charge in [0, 0.05) is 29.8 Å². The van der Waals surface area contributed by atoms with Gasteiger partial charge in [-0.15, -0.1) is 11.3 Å². The van der Waals surface area contributed by atoms with E-state index in [9.17, 15) is 4.79 Å². The molecule has 0 saturated carbocycles. The van der Waals surface area contributed by atoms with E-state index in [-0.39, 0.29) is 5.92 Å². The molecule has 2 atom stereocenters. The molecule has 1 fully saturated rings. The number of nitrogens with zero attached hydrogens (tertiary/aromatic N) is 2. The van der Waals surface area contributed by atoms with E-state index < -0.39 is 0 Å². The summed E-state index contributed by atoms with van der Waals surface area (Å²) in [6.45, 7) is 6.01. The fourth-order valence-corrected chi connectivity index (χ4v) is 4.38. The van der Waals surface area contributed by atoms with Gasteiger partial charge in [-0.1, -0.05) is 12.2 Å². The summed E-state index contributed by atoms with van der Waals surface area (Å²) in [6.07, 6.45) is 9.64. The van der Waals surface area contributed by atoms with Crippen LogP contribution in [0, 0.1) is 19.8 Å². The molecule has 0 unspecified atom stereocenters. The zero-order valence-electron chi connectivity index (χ0n) is 13.0. The molecule has 21 heavy (non-hydrogen) atoms. The maximum atomic E-state index is 12.7. The number of thiazole rings is 1. The Hall–Kier alpha value is -1.16. The van der Waals surface area contributed by atoms with Crippen LogP contribution in [-0.4, -0.2) is 28.9 Å². The third-order valence-electron chi connectivity index (χ3n) is 4.75. The van der Waals surface area contributed by atoms with Crippen LogP contribution in [0.2, 0.25) is 0 Å². The lowest BCUT2D eigenvalue weighted by atomic mass is 9.91. The molecular weight excluding hydrogens is 280 g/mol. The molecule has 1 aliphatic carbocycles. The predicted octanol–water partition coefficient (Wildman–Crippen LogP) is 3.82. The summed E-state index contributed by atoms with van der Waals surface area (Å²) in [5.41, 5.74) is 1.15. The molecule has 0 radical (unpaired) electrons. The molecule has 1 amide bonds. The van der Waals surface area contributed by atoms with Crippen molar-refractivity contribution in [1.82, 2.24) is 9.88 Å². The Bertz CT molecular complexity index is 529. The van der Waals surface area contributed by atoms with Crippen molar-refractivity contribution in [3.63, 3.8) is 0 Å². The summed E-state index contributed by atoms with van der Waals surface area (Å²) < 4.78 is 0. The monoisotopic (exact) mass is 304 g/mol. The molecule has 2 heterocycles. The van der Waals surface area contributed by atoms with E-state index in [1.807, 2.05) is 11.3 Å². The molecular formula is C17H24N2OS. The Kier molecular flexibility index (Phi) is 4.43. The second kappa shape index (κ2) is 6.30. The quantitative estimate of drug-likeness (QED) is 0.778. The summed E-state index contributed by atoms with van der Waals surface area (Å²) in [5.74, 6) is 1.03. The third-order valence-corrected chi connectivity index (χ3v) is 5.98. The van der Waals surface area contributed by atoms with Gasteiger partial charge in [0.1, 0.15) is 0 Å². The first-order valence-electron chi connectivity index (χ1n) is 8.03. The maximum absolute atomic E-state index is 12.7. The second-order valence-corrected chi connectivity index (χ2v) is 7.53. The Morgan fingerprint density at radius 1 is 1.33 bits per heavy atom. The van der Waals surface area contributed by atoms with Gasteiger partial charge in [-0.3, -0.25) is 4.79 Å². The molecule has 1 aromatic heterocycles. The third kappa shape index (κ3) is 3.20. The Balaban J connectivity index is 1.67. The van der Waals surface area contributed by atoms with Gasteiger partial charge in [-0.2, -0.15) is 0 Å². The SMILES string of the molecule is Cc1nc([C@H]2CCCN(C(=O)[C@H]3CC=CCC3)C2)sc1C. The van der Waals surface area contributed by atoms with Gasteiger partial charge >= 0.3 is 0 Å². The van der Waals surface area contributed by atoms with Crippen molar-refractivity contribution < 1.29 is 4.79 Å². The van der Waals surface area contributed by atoms with Crippen molar-refractivity contribution in [2.45, 2.75) is 51.9 Å². The van der Waals surface area contributed by atoms with Crippen LogP contribution in [0.25, 0.3) is 0 Å². The highest BCUT2D eigenvalue weighted by atomic mass is 32.1. The number of piperidine rings is 1. The van der Waals surface area contributed by atoms with E-state index in [0.29, 0.717) is 11.8 Å². The van der Waals surface area contributed by atoms with Crippen molar-refractivity contribution in [2.75, 3.05) is 13.1 Å². The van der Waals surface area contributed by atoms with Gasteiger partial charge in [-0.05, 0) is 46.0 Å². The van der Waals surface area contributed by atoms with Crippen LogP contribution in [0.15, 0.2) is 12.2 Å². The summed E-state index contributed by atoms with van der Waals surface area (Å²) in [6, 6.07) is 0. The lowest BCUT2D eigenvalue weighted by molar-refractivity contribution is -0.137. The van der Waals surface area contributed by atoms with Gasteiger partial charge in [0.05, 0.1) is 10.7 Å². The number of allylic oxidation sites excluding steroid dienone is 2. The molecule has 2 aliphatic rings. The molecule has 114 valence electrons. The number of aromatic nitrogens is 1. The molecule has 1 saturated heterocycles. The molecule has 0 spiro atoms. The molecule has 4 heteroatoms. The molecule has 1 aromatic rings. The molecule has 3 nitrogen and oxygen atoms in total. The van der Waals surface area contributed by atoms with Crippen LogP contribution >= 0.6 is 11.3 Å². The molecule has 3 rings (SSSR count). The topological polar surface area (TPSA) is 33.2 Å². The summed E-state index contributed by atoms with van der Waals surface area (Å²) >= 11 is 1.81. The number of amides is 1. The number of rotatable bonds is 2. The smallest absolute Gasteiger partial charge is 0.226 e. The first-order chi connectivity index (χ1) is 10.1. The van der Waals surface area contributed by atoms with E-state index in [2.05, 4.69) is 30.9 Å². The molecule has 0 N–H and O–H groups in total. The second-order valence-electron chi connectivity index (χ2n) is 6.30. The van der Waals surface area contributed by atoms with Gasteiger partial charge in [-0.25, -0.2) is 4.98 Å². The van der Waals surface area contributed by atoms with E-state index >= 15 is 0 Å². The van der Waals surface area contributed by atoms with Crippen molar-refractivity contribution in [3.8, 4) is 0 Å². The molecule has 1 aliphatic heterocycles. The lowest BCUT2D eigenvalue weighted by Crippen LogP contribution is -2.42. The van der Waals surface area contributed by atoms with Crippen LogP contribution in [0.1, 0.15) is 53.6 Å². The van der Waals surface area contributed by atoms with E-state index in [1.54, 1.807) is 0 Å². The van der Waals surface area contributed by atoms with Crippen molar-refractivity contribution >= 4 is 17.2 Å². The highest BCUT2D eigenvalue weighted by Gasteiger charge is 2.30. The number of hydrogen-bond donors (Lipinski definition) is 0. The van der Waals surface area contributed by atoms with E-state index in [1.165, 1.54) is 16.3 Å². The summed E-state index contributed by atoms with van der Waals surface area (Å²) in [7, 11) is 0. The highest BCUT2D eigenvalue weighted by Crippen LogP contribution is 2.32. The summed E-state index contributed by atoms with van der Waals surface area (Å²) in [5, 5.41) is 1.23. The standard InChI is InChI=1S/C17H24N2OS/c1-12-13(2)21-16(18-12)15-9-6-10-19(11-15)17(20)14-7-4-3-5-8-14/h3-4,14-15H,5-11H2,1-2H3/t14-,15-/m0/s1. The fourth-order valence-electron chi connectivity index (χ4n) is 3.33. The van der Waals surface area contributed by atoms with Crippen LogP contribution in [0.5, 0.6) is 0 Å². The average molecular weight is 304 g/mol. The largest absolute Gasteiger partial charge is 0.342 e. The Morgan fingerprint density at radius 3 is 2.86 bits per heavy atom. The lowest BCUT2D eigenvalue weighted by Gasteiger charge is -2.34. The van der Waals surface area contributed by atoms with Crippen LogP contribution in [-0.2, 0) is 4.79 Å². The average Bonchev–Trinajstić information content (AvgIpc) is 2.87. The first kappa shape index (κ1) is 14.8. The number of carbonyl (C=O) groups excluding carboxylic acids is 1. The first-order valence-corrected chi connectivity index (χ1v) is 8.84. The number of hydrogen-bond acceptors (Lipinski definition) is 3. The molecule has 0 aromatic carbocycles. The number of carbonyl (C=O) groups is 1. The van der Waals surface area contributed by atoms with Crippen molar-refractivity contribution in [3.05, 3.63) is 27.7 Å². The predicted molar refractivity (Wildman–Crippen MR) is 86.6 cm³/mol. The van der Waals surface area contributed by atoms with Gasteiger partial charge in [0.2, 0.25) is 5.91 Å². The van der Waals surface area contributed by atoms with Crippen LogP contribution < -0.4 is 0 Å². The minimum Gasteiger partial charge on any atom is -0.342 e. The minimum absolute atomic E-state index is 0.216. The van der Waals surface area contributed by atoms with Gasteiger partial charge in [0.25, 0.3) is 0 Å². The van der Waals surface area contributed by atoms with Gasteiger partial charge < -0.3 is 4.90 Å². The van der Waals surface area contributed by atoms with E-state index in [0.717, 1.165) is 44.5 Å². The van der Waals surface area contributed by atoms with Crippen LogP contribution in [0.4, 0.5) is 0 Å². The zero-order chi connectivity index (χ0) is 14.8. The Morgan fingerprint density at radius 2 is 2.19 bits per heavy atom. The zero-order valence-corrected chi connectivity index (χ0v) is 13.8. The Labute approximate surface area is 131 Å². The van der Waals surface area contributed by atoms with Crippen molar-refractivity contribution in [1.29, 1.82) is 0 Å². The van der Waals surface area contributed by atoms with Crippen molar-refractivity contribution in [2.24, 2.45) is 5.92 Å². The highest BCUT2D eigenvalue weighted by molar-refractivity contribution is 7.11. The maximum Gasteiger partial charge on any atom is 0.226 e. The normalized spacial score (nSPS) is 26.1. The molecule has 0 bridgehead atoms. The van der Waals surface area contributed by atoms with Gasteiger partial charge in [0.15, 0.2) is 0 Å². The summed E-state index contributed by atoms with van der Waals surface area (Å²) in [4.78, 5) is 20.8. The number of likely N-dealkylation sites (tertiary alicyclic amines) is 1. The van der Waals surface area contributed by atoms with Crippen LogP contribution in [0.3, 0.4) is 0 Å².